The Kier molecular flexibility index (Phi) is 4.45. The van der Waals surface area contributed by atoms with E-state index in [4.69, 9.17) is 10.00 Å². The van der Waals surface area contributed by atoms with Crippen molar-refractivity contribution in [2.24, 2.45) is 5.92 Å². The maximum absolute atomic E-state index is 12.4. The predicted molar refractivity (Wildman–Crippen MR) is 90.7 cm³/mol. The first-order valence-corrected chi connectivity index (χ1v) is 7.76. The third kappa shape index (κ3) is 3.22. The second-order valence-corrected chi connectivity index (χ2v) is 5.75. The lowest BCUT2D eigenvalue weighted by molar-refractivity contribution is -0.202. The summed E-state index contributed by atoms with van der Waals surface area (Å²) in [5, 5.41) is 21.5. The molecule has 0 fully saturated rings. The molecule has 2 atom stereocenters. The van der Waals surface area contributed by atoms with E-state index >= 15 is 0 Å². The summed E-state index contributed by atoms with van der Waals surface area (Å²) in [4.78, 5) is 12.4. The second kappa shape index (κ2) is 6.69. The van der Waals surface area contributed by atoms with Gasteiger partial charge in [0.1, 0.15) is 0 Å². The molecule has 120 valence electrons. The molecular formula is C20H17NO3. The molecule has 1 aliphatic rings. The van der Waals surface area contributed by atoms with Gasteiger partial charge in [0.15, 0.2) is 0 Å². The molecule has 0 aromatic heterocycles. The number of esters is 1. The molecule has 0 radical (unpaired) electrons. The van der Waals surface area contributed by atoms with Crippen molar-refractivity contribution in [3.63, 3.8) is 0 Å². The molecule has 4 nitrogen and oxygen atoms in total. The van der Waals surface area contributed by atoms with Crippen LogP contribution in [0.5, 0.6) is 0 Å². The van der Waals surface area contributed by atoms with Gasteiger partial charge in [-0.1, -0.05) is 60.7 Å². The van der Waals surface area contributed by atoms with E-state index in [0.717, 1.165) is 16.3 Å². The number of benzene rings is 2. The van der Waals surface area contributed by atoms with Crippen LogP contribution in [0.3, 0.4) is 0 Å². The molecule has 0 saturated heterocycles. The Bertz CT molecular complexity index is 857. The fourth-order valence-electron chi connectivity index (χ4n) is 2.90. The molecule has 4 heteroatoms. The third-order valence-corrected chi connectivity index (χ3v) is 4.12. The summed E-state index contributed by atoms with van der Waals surface area (Å²) in [5.41, 5.74) is 0.842. The van der Waals surface area contributed by atoms with Crippen molar-refractivity contribution in [2.75, 3.05) is 0 Å². The van der Waals surface area contributed by atoms with Crippen molar-refractivity contribution in [3.05, 3.63) is 72.3 Å². The minimum Gasteiger partial charge on any atom is -0.428 e. The number of allylic oxidation sites excluding steroid dienone is 2. The molecule has 2 aromatic carbocycles. The Balaban J connectivity index is 1.79. The predicted octanol–water partition coefficient (Wildman–Crippen LogP) is 3.27. The monoisotopic (exact) mass is 319 g/mol. The fourth-order valence-corrected chi connectivity index (χ4v) is 2.90. The van der Waals surface area contributed by atoms with E-state index in [0.29, 0.717) is 0 Å². The number of carbonyl (C=O) groups is 1. The van der Waals surface area contributed by atoms with Crippen LogP contribution in [0.1, 0.15) is 12.0 Å². The van der Waals surface area contributed by atoms with Crippen LogP contribution >= 0.6 is 0 Å². The maximum Gasteiger partial charge on any atom is 0.313 e. The van der Waals surface area contributed by atoms with E-state index in [2.05, 4.69) is 0 Å². The van der Waals surface area contributed by atoms with Crippen molar-refractivity contribution in [2.45, 2.75) is 18.6 Å². The molecule has 2 aromatic rings. The van der Waals surface area contributed by atoms with Crippen molar-refractivity contribution in [1.82, 2.24) is 0 Å². The van der Waals surface area contributed by atoms with Crippen LogP contribution in [-0.4, -0.2) is 16.9 Å². The zero-order valence-corrected chi connectivity index (χ0v) is 13.1. The minimum atomic E-state index is -1.77. The average molecular weight is 319 g/mol. The Morgan fingerprint density at radius 2 is 2.00 bits per heavy atom. The van der Waals surface area contributed by atoms with Gasteiger partial charge in [-0.3, -0.25) is 4.79 Å². The van der Waals surface area contributed by atoms with Crippen LogP contribution in [0.25, 0.3) is 10.8 Å². The number of hydrogen-bond donors (Lipinski definition) is 1. The van der Waals surface area contributed by atoms with E-state index < -0.39 is 17.7 Å². The summed E-state index contributed by atoms with van der Waals surface area (Å²) in [6.07, 6.45) is 6.55. The van der Waals surface area contributed by atoms with Gasteiger partial charge in [0, 0.05) is 6.42 Å². The van der Waals surface area contributed by atoms with E-state index in [9.17, 15) is 9.90 Å². The van der Waals surface area contributed by atoms with Gasteiger partial charge in [0.05, 0.1) is 18.4 Å². The Morgan fingerprint density at radius 3 is 2.83 bits per heavy atom. The molecule has 2 unspecified atom stereocenters. The number of carbonyl (C=O) groups excluding carboxylic acids is 1. The van der Waals surface area contributed by atoms with E-state index in [-0.39, 0.29) is 12.8 Å². The topological polar surface area (TPSA) is 70.3 Å². The number of hydrogen-bond acceptors (Lipinski definition) is 4. The average Bonchev–Trinajstić information content (AvgIpc) is 2.57. The number of fused-ring (bicyclic) bond motifs is 1. The summed E-state index contributed by atoms with van der Waals surface area (Å²) < 4.78 is 5.32. The summed E-state index contributed by atoms with van der Waals surface area (Å²) in [7, 11) is 0. The summed E-state index contributed by atoms with van der Waals surface area (Å²) in [5.74, 6) is -2.87. The summed E-state index contributed by atoms with van der Waals surface area (Å²) >= 11 is 0. The van der Waals surface area contributed by atoms with Crippen molar-refractivity contribution in [3.8, 4) is 6.07 Å². The molecule has 0 heterocycles. The molecular weight excluding hydrogens is 302 g/mol. The van der Waals surface area contributed by atoms with Gasteiger partial charge < -0.3 is 9.84 Å². The van der Waals surface area contributed by atoms with Gasteiger partial charge >= 0.3 is 5.97 Å². The standard InChI is InChI=1S/C20H17NO3/c21-13-11-17-9-3-4-12-20(17,23)24-19(22)14-16-8-5-7-15-6-1-2-10-18(15)16/h1-10,12,17,23H,11,14H2. The molecule has 0 amide bonds. The smallest absolute Gasteiger partial charge is 0.313 e. The molecule has 1 N–H and O–H groups in total. The molecule has 0 aliphatic heterocycles. The number of nitrogens with zero attached hydrogens (tertiary/aromatic N) is 1. The van der Waals surface area contributed by atoms with Crippen molar-refractivity contribution < 1.29 is 14.6 Å². The number of ether oxygens (including phenoxy) is 1. The van der Waals surface area contributed by atoms with Gasteiger partial charge in [-0.2, -0.15) is 5.26 Å². The lowest BCUT2D eigenvalue weighted by Crippen LogP contribution is -2.41. The summed E-state index contributed by atoms with van der Waals surface area (Å²) in [6, 6.07) is 15.5. The van der Waals surface area contributed by atoms with E-state index in [1.165, 1.54) is 6.08 Å². The highest BCUT2D eigenvalue weighted by molar-refractivity contribution is 5.89. The third-order valence-electron chi connectivity index (χ3n) is 4.12. The molecule has 0 bridgehead atoms. The molecule has 0 spiro atoms. The number of aliphatic hydroxyl groups is 1. The zero-order valence-electron chi connectivity index (χ0n) is 13.1. The second-order valence-electron chi connectivity index (χ2n) is 5.75. The van der Waals surface area contributed by atoms with Crippen LogP contribution in [0.4, 0.5) is 0 Å². The first-order valence-electron chi connectivity index (χ1n) is 7.76. The quantitative estimate of drug-likeness (QED) is 0.693. The largest absolute Gasteiger partial charge is 0.428 e. The molecule has 0 saturated carbocycles. The van der Waals surface area contributed by atoms with Crippen LogP contribution < -0.4 is 0 Å². The highest BCUT2D eigenvalue weighted by Crippen LogP contribution is 2.29. The number of nitriles is 1. The van der Waals surface area contributed by atoms with Crippen molar-refractivity contribution in [1.29, 1.82) is 5.26 Å². The lowest BCUT2D eigenvalue weighted by Gasteiger charge is -2.31. The first kappa shape index (κ1) is 16.0. The normalized spacial score (nSPS) is 22.2. The Labute approximate surface area is 140 Å². The van der Waals surface area contributed by atoms with Crippen LogP contribution in [0, 0.1) is 17.2 Å². The first-order chi connectivity index (χ1) is 11.6. The minimum absolute atomic E-state index is 0.0560. The Hall–Kier alpha value is -2.90. The highest BCUT2D eigenvalue weighted by Gasteiger charge is 2.38. The SMILES string of the molecule is N#CCC1C=CC=CC1(O)OC(=O)Cc1cccc2ccccc12. The van der Waals surface area contributed by atoms with Gasteiger partial charge in [0.25, 0.3) is 0 Å². The van der Waals surface area contributed by atoms with Gasteiger partial charge in [-0.25, -0.2) is 0 Å². The van der Waals surface area contributed by atoms with Crippen LogP contribution in [0.2, 0.25) is 0 Å². The summed E-state index contributed by atoms with van der Waals surface area (Å²) in [6.45, 7) is 0. The van der Waals surface area contributed by atoms with Gasteiger partial charge in [-0.15, -0.1) is 0 Å². The van der Waals surface area contributed by atoms with Gasteiger partial charge in [0.2, 0.25) is 5.79 Å². The number of rotatable bonds is 4. The highest BCUT2D eigenvalue weighted by atomic mass is 16.7. The van der Waals surface area contributed by atoms with E-state index in [1.807, 2.05) is 48.5 Å². The van der Waals surface area contributed by atoms with Crippen LogP contribution in [0.15, 0.2) is 66.8 Å². The Morgan fingerprint density at radius 1 is 1.21 bits per heavy atom. The van der Waals surface area contributed by atoms with Gasteiger partial charge in [-0.05, 0) is 22.4 Å². The van der Waals surface area contributed by atoms with Crippen LogP contribution in [-0.2, 0) is 16.0 Å². The maximum atomic E-state index is 12.4. The molecule has 24 heavy (non-hydrogen) atoms. The zero-order chi connectivity index (χ0) is 17.0. The van der Waals surface area contributed by atoms with Crippen molar-refractivity contribution >= 4 is 16.7 Å². The molecule has 3 rings (SSSR count). The van der Waals surface area contributed by atoms with E-state index in [1.54, 1.807) is 18.2 Å². The fraction of sp³-hybridized carbons (Fsp3) is 0.200. The molecule has 1 aliphatic carbocycles. The lowest BCUT2D eigenvalue weighted by atomic mass is 9.91.